The van der Waals surface area contributed by atoms with Crippen molar-refractivity contribution in [1.29, 1.82) is 0 Å². The molecule has 0 saturated carbocycles. The Morgan fingerprint density at radius 3 is 2.47 bits per heavy atom. The van der Waals surface area contributed by atoms with Gasteiger partial charge in [-0.05, 0) is 36.4 Å². The van der Waals surface area contributed by atoms with Gasteiger partial charge in [0.05, 0.1) is 12.7 Å². The van der Waals surface area contributed by atoms with E-state index in [1.54, 1.807) is 6.07 Å². The lowest BCUT2D eigenvalue weighted by molar-refractivity contribution is 0.103. The van der Waals surface area contributed by atoms with Gasteiger partial charge in [-0.1, -0.05) is 11.6 Å². The molecule has 98 valence electrons. The maximum Gasteiger partial charge on any atom is 0.196 e. The van der Waals surface area contributed by atoms with E-state index in [0.29, 0.717) is 10.8 Å². The molecule has 0 aromatic heterocycles. The van der Waals surface area contributed by atoms with E-state index in [1.165, 1.54) is 25.3 Å². The highest BCUT2D eigenvalue weighted by molar-refractivity contribution is 6.31. The number of methoxy groups -OCH3 is 1. The summed E-state index contributed by atoms with van der Waals surface area (Å²) in [6, 6.07) is 7.49. The predicted octanol–water partition coefficient (Wildman–Crippen LogP) is 3.86. The summed E-state index contributed by atoms with van der Waals surface area (Å²) in [7, 11) is 1.41. The fraction of sp³-hybridized carbons (Fsp3) is 0.0714. The van der Waals surface area contributed by atoms with Gasteiger partial charge in [0.1, 0.15) is 5.75 Å². The van der Waals surface area contributed by atoms with Crippen LogP contribution in [0, 0.1) is 11.6 Å². The molecule has 2 aromatic carbocycles. The first-order chi connectivity index (χ1) is 9.02. The maximum atomic E-state index is 13.1. The molecule has 0 aliphatic heterocycles. The molecule has 0 radical (unpaired) electrons. The topological polar surface area (TPSA) is 26.3 Å². The molecule has 0 atom stereocenters. The van der Waals surface area contributed by atoms with E-state index in [0.717, 1.165) is 12.1 Å². The largest absolute Gasteiger partial charge is 0.496 e. The van der Waals surface area contributed by atoms with Gasteiger partial charge >= 0.3 is 0 Å². The lowest BCUT2D eigenvalue weighted by Gasteiger charge is -2.08. The molecule has 0 aliphatic rings. The van der Waals surface area contributed by atoms with Crippen LogP contribution in [0.3, 0.4) is 0 Å². The second kappa shape index (κ2) is 5.36. The second-order valence-electron chi connectivity index (χ2n) is 3.80. The summed E-state index contributed by atoms with van der Waals surface area (Å²) in [6.07, 6.45) is 0. The van der Waals surface area contributed by atoms with Crippen molar-refractivity contribution in [3.8, 4) is 5.75 Å². The minimum atomic E-state index is -1.08. The Balaban J connectivity index is 2.49. The monoisotopic (exact) mass is 282 g/mol. The number of carbonyl (C=O) groups is 1. The van der Waals surface area contributed by atoms with Crippen LogP contribution < -0.4 is 4.74 Å². The van der Waals surface area contributed by atoms with Crippen molar-refractivity contribution in [3.05, 3.63) is 64.2 Å². The van der Waals surface area contributed by atoms with Crippen LogP contribution >= 0.6 is 11.6 Å². The van der Waals surface area contributed by atoms with Crippen molar-refractivity contribution in [1.82, 2.24) is 0 Å². The number of benzene rings is 2. The lowest BCUT2D eigenvalue weighted by atomic mass is 10.0. The van der Waals surface area contributed by atoms with Crippen LogP contribution in [0.4, 0.5) is 8.78 Å². The highest BCUT2D eigenvalue weighted by Gasteiger charge is 2.16. The summed E-state index contributed by atoms with van der Waals surface area (Å²) < 4.78 is 31.0. The summed E-state index contributed by atoms with van der Waals surface area (Å²) in [5, 5.41) is 0.353. The zero-order valence-corrected chi connectivity index (χ0v) is 10.7. The van der Waals surface area contributed by atoms with Crippen LogP contribution in [-0.4, -0.2) is 12.9 Å². The third-order valence-corrected chi connectivity index (χ3v) is 2.82. The van der Waals surface area contributed by atoms with Gasteiger partial charge in [-0.2, -0.15) is 0 Å². The van der Waals surface area contributed by atoms with Gasteiger partial charge in [-0.15, -0.1) is 0 Å². The van der Waals surface area contributed by atoms with Crippen LogP contribution in [0.2, 0.25) is 5.02 Å². The molecular formula is C14H9ClF2O2. The Morgan fingerprint density at radius 2 is 1.84 bits per heavy atom. The smallest absolute Gasteiger partial charge is 0.196 e. The molecule has 0 fully saturated rings. The summed E-state index contributed by atoms with van der Waals surface area (Å²) in [5.41, 5.74) is 0.223. The van der Waals surface area contributed by atoms with Crippen molar-refractivity contribution >= 4 is 17.4 Å². The number of carbonyl (C=O) groups excluding carboxylic acids is 1. The molecule has 0 aliphatic carbocycles. The van der Waals surface area contributed by atoms with E-state index in [-0.39, 0.29) is 11.1 Å². The Labute approximate surface area is 113 Å². The van der Waals surface area contributed by atoms with Gasteiger partial charge in [-0.25, -0.2) is 8.78 Å². The minimum absolute atomic E-state index is 0.0273. The summed E-state index contributed by atoms with van der Waals surface area (Å²) in [5.74, 6) is -2.25. The average molecular weight is 283 g/mol. The summed E-state index contributed by atoms with van der Waals surface area (Å²) in [4.78, 5) is 12.2. The number of rotatable bonds is 3. The highest BCUT2D eigenvalue weighted by atomic mass is 35.5. The number of halogens is 3. The molecular weight excluding hydrogens is 274 g/mol. The highest BCUT2D eigenvalue weighted by Crippen LogP contribution is 2.25. The molecule has 2 nitrogen and oxygen atoms in total. The summed E-state index contributed by atoms with van der Waals surface area (Å²) in [6.45, 7) is 0. The third kappa shape index (κ3) is 2.74. The third-order valence-electron chi connectivity index (χ3n) is 2.59. The van der Waals surface area contributed by atoms with Crippen LogP contribution in [0.15, 0.2) is 36.4 Å². The number of hydrogen-bond donors (Lipinski definition) is 0. The normalized spacial score (nSPS) is 10.3. The van der Waals surface area contributed by atoms with Crippen LogP contribution in [0.1, 0.15) is 15.9 Å². The Hall–Kier alpha value is -1.94. The van der Waals surface area contributed by atoms with Gasteiger partial charge in [-0.3, -0.25) is 4.79 Å². The molecule has 0 amide bonds. The molecule has 5 heteroatoms. The molecule has 2 rings (SSSR count). The fourth-order valence-corrected chi connectivity index (χ4v) is 1.82. The molecule has 0 bridgehead atoms. The molecule has 19 heavy (non-hydrogen) atoms. The van der Waals surface area contributed by atoms with E-state index >= 15 is 0 Å². The molecule has 0 N–H and O–H groups in total. The summed E-state index contributed by atoms with van der Waals surface area (Å²) >= 11 is 5.82. The van der Waals surface area contributed by atoms with E-state index in [1.807, 2.05) is 0 Å². The average Bonchev–Trinajstić information content (AvgIpc) is 2.41. The maximum absolute atomic E-state index is 13.1. The van der Waals surface area contributed by atoms with Gasteiger partial charge in [0.2, 0.25) is 0 Å². The molecule has 0 heterocycles. The van der Waals surface area contributed by atoms with Gasteiger partial charge < -0.3 is 4.74 Å². The van der Waals surface area contributed by atoms with Crippen molar-refractivity contribution in [2.45, 2.75) is 0 Å². The van der Waals surface area contributed by atoms with Crippen molar-refractivity contribution < 1.29 is 18.3 Å². The van der Waals surface area contributed by atoms with Crippen LogP contribution in [0.25, 0.3) is 0 Å². The van der Waals surface area contributed by atoms with Gasteiger partial charge in [0.15, 0.2) is 17.4 Å². The fourth-order valence-electron chi connectivity index (χ4n) is 1.65. The molecule has 0 spiro atoms. The first-order valence-corrected chi connectivity index (χ1v) is 5.74. The van der Waals surface area contributed by atoms with E-state index in [4.69, 9.17) is 16.3 Å². The standard InChI is InChI=1S/C14H9ClF2O2/c1-19-13-5-3-9(15)7-10(13)14(18)8-2-4-11(16)12(17)6-8/h2-7H,1H3. The van der Waals surface area contributed by atoms with Gasteiger partial charge in [0, 0.05) is 10.6 Å². The van der Waals surface area contributed by atoms with Crippen molar-refractivity contribution in [2.75, 3.05) is 7.11 Å². The number of hydrogen-bond acceptors (Lipinski definition) is 2. The first kappa shape index (κ1) is 13.5. The van der Waals surface area contributed by atoms with Crippen LogP contribution in [-0.2, 0) is 0 Å². The van der Waals surface area contributed by atoms with Crippen molar-refractivity contribution in [3.63, 3.8) is 0 Å². The van der Waals surface area contributed by atoms with E-state index in [9.17, 15) is 13.6 Å². The Morgan fingerprint density at radius 1 is 1.11 bits per heavy atom. The second-order valence-corrected chi connectivity index (χ2v) is 4.24. The first-order valence-electron chi connectivity index (χ1n) is 5.36. The zero-order chi connectivity index (χ0) is 14.0. The molecule has 0 saturated heterocycles. The van der Waals surface area contributed by atoms with Crippen molar-refractivity contribution in [2.24, 2.45) is 0 Å². The SMILES string of the molecule is COc1ccc(Cl)cc1C(=O)c1ccc(F)c(F)c1. The zero-order valence-electron chi connectivity index (χ0n) is 9.91. The molecule has 0 unspecified atom stereocenters. The number of ketones is 1. The lowest BCUT2D eigenvalue weighted by Crippen LogP contribution is -2.05. The minimum Gasteiger partial charge on any atom is -0.496 e. The van der Waals surface area contributed by atoms with E-state index < -0.39 is 17.4 Å². The molecule has 2 aromatic rings. The predicted molar refractivity (Wildman–Crippen MR) is 67.8 cm³/mol. The van der Waals surface area contributed by atoms with E-state index in [2.05, 4.69) is 0 Å². The van der Waals surface area contributed by atoms with Gasteiger partial charge in [0.25, 0.3) is 0 Å². The quantitative estimate of drug-likeness (QED) is 0.799. The Bertz CT molecular complexity index is 641. The number of ether oxygens (including phenoxy) is 1. The van der Waals surface area contributed by atoms with Crippen LogP contribution in [0.5, 0.6) is 5.75 Å². The Kier molecular flexibility index (Phi) is 3.81.